The highest BCUT2D eigenvalue weighted by Crippen LogP contribution is 2.23. The van der Waals surface area contributed by atoms with Gasteiger partial charge in [0.05, 0.1) is 18.7 Å². The number of hydrogen-bond acceptors (Lipinski definition) is 4. The van der Waals surface area contributed by atoms with Gasteiger partial charge in [0.2, 0.25) is 5.91 Å². The summed E-state index contributed by atoms with van der Waals surface area (Å²) < 4.78 is 14.3. The molecule has 0 saturated carbocycles. The topological polar surface area (TPSA) is 49.0 Å². The molecule has 0 spiro atoms. The van der Waals surface area contributed by atoms with Crippen LogP contribution in [0.4, 0.5) is 4.39 Å². The smallest absolute Gasteiger partial charge is 0.228 e. The molecule has 0 unspecified atom stereocenters. The first-order valence-corrected chi connectivity index (χ1v) is 9.50. The van der Waals surface area contributed by atoms with Gasteiger partial charge in [0.25, 0.3) is 0 Å². The van der Waals surface area contributed by atoms with Gasteiger partial charge in [0.15, 0.2) is 0 Å². The van der Waals surface area contributed by atoms with Crippen LogP contribution in [-0.2, 0) is 17.8 Å². The number of thiazole rings is 1. The van der Waals surface area contributed by atoms with Crippen molar-refractivity contribution in [2.75, 3.05) is 12.8 Å². The van der Waals surface area contributed by atoms with E-state index in [1.54, 1.807) is 41.1 Å². The van der Waals surface area contributed by atoms with Crippen molar-refractivity contribution >= 4 is 39.9 Å². The predicted octanol–water partition coefficient (Wildman–Crippen LogP) is 4.08. The molecule has 4 nitrogen and oxygen atoms in total. The van der Waals surface area contributed by atoms with Crippen LogP contribution in [0, 0.1) is 5.82 Å². The fourth-order valence-corrected chi connectivity index (χ4v) is 4.18. The zero-order valence-corrected chi connectivity index (χ0v) is 15.1. The summed E-state index contributed by atoms with van der Waals surface area (Å²) in [6, 6.07) is 6.49. The lowest BCUT2D eigenvalue weighted by Crippen LogP contribution is -2.27. The number of halogens is 1. The molecule has 0 aliphatic heterocycles. The largest absolute Gasteiger partial charge is 0.357 e. The predicted molar refractivity (Wildman–Crippen MR) is 96.9 cm³/mol. The van der Waals surface area contributed by atoms with Crippen molar-refractivity contribution in [3.63, 3.8) is 0 Å². The molecule has 2 aromatic heterocycles. The number of aromatic amines is 1. The Balaban J connectivity index is 1.63. The van der Waals surface area contributed by atoms with Gasteiger partial charge in [-0.1, -0.05) is 18.7 Å². The Hall–Kier alpha value is -1.86. The quantitative estimate of drug-likeness (QED) is 0.672. The lowest BCUT2D eigenvalue weighted by Gasteiger charge is -2.15. The van der Waals surface area contributed by atoms with Gasteiger partial charge in [0.1, 0.15) is 10.2 Å². The zero-order chi connectivity index (χ0) is 17.1. The number of benzene rings is 1. The van der Waals surface area contributed by atoms with Crippen molar-refractivity contribution in [2.24, 2.45) is 0 Å². The molecule has 0 radical (unpaired) electrons. The average molecular weight is 363 g/mol. The van der Waals surface area contributed by atoms with E-state index in [4.69, 9.17) is 0 Å². The molecule has 2 heterocycles. The van der Waals surface area contributed by atoms with Gasteiger partial charge in [-0.3, -0.25) is 4.79 Å². The van der Waals surface area contributed by atoms with Gasteiger partial charge in [-0.25, -0.2) is 9.37 Å². The number of hydrogen-bond donors (Lipinski definition) is 1. The van der Waals surface area contributed by atoms with Gasteiger partial charge in [-0.2, -0.15) is 0 Å². The van der Waals surface area contributed by atoms with Gasteiger partial charge in [-0.15, -0.1) is 11.3 Å². The molecule has 1 N–H and O–H groups in total. The third-order valence-electron chi connectivity index (χ3n) is 3.60. The maximum absolute atomic E-state index is 13.2. The van der Waals surface area contributed by atoms with Crippen molar-refractivity contribution in [1.82, 2.24) is 14.9 Å². The summed E-state index contributed by atoms with van der Waals surface area (Å²) in [6.07, 6.45) is 0.298. The van der Waals surface area contributed by atoms with Crippen molar-refractivity contribution in [3.05, 3.63) is 46.9 Å². The number of fused-ring (bicyclic) bond motifs is 1. The van der Waals surface area contributed by atoms with Crippen LogP contribution in [0.5, 0.6) is 0 Å². The van der Waals surface area contributed by atoms with Gasteiger partial charge < -0.3 is 9.88 Å². The van der Waals surface area contributed by atoms with Crippen molar-refractivity contribution in [3.8, 4) is 0 Å². The first-order chi connectivity index (χ1) is 11.5. The van der Waals surface area contributed by atoms with Crippen LogP contribution in [0.25, 0.3) is 10.9 Å². The zero-order valence-electron chi connectivity index (χ0n) is 13.5. The molecular formula is C17H18FN3OS2. The minimum atomic E-state index is -0.262. The molecular weight excluding hydrogens is 345 g/mol. The monoisotopic (exact) mass is 363 g/mol. The van der Waals surface area contributed by atoms with E-state index >= 15 is 0 Å². The van der Waals surface area contributed by atoms with E-state index in [1.165, 1.54) is 12.1 Å². The highest BCUT2D eigenvalue weighted by atomic mass is 32.2. The number of carbonyl (C=O) groups excluding carboxylic acids is 1. The molecule has 0 aliphatic carbocycles. The maximum Gasteiger partial charge on any atom is 0.228 e. The lowest BCUT2D eigenvalue weighted by atomic mass is 10.2. The van der Waals surface area contributed by atoms with E-state index < -0.39 is 0 Å². The molecule has 7 heteroatoms. The fraction of sp³-hybridized carbons (Fsp3) is 0.294. The van der Waals surface area contributed by atoms with Crippen LogP contribution in [0.15, 0.2) is 34.0 Å². The Bertz CT molecular complexity index is 859. The second-order valence-corrected chi connectivity index (χ2v) is 7.86. The average Bonchev–Trinajstić information content (AvgIpc) is 3.13. The number of amides is 1. The van der Waals surface area contributed by atoms with E-state index in [-0.39, 0.29) is 11.7 Å². The summed E-state index contributed by atoms with van der Waals surface area (Å²) in [6.45, 7) is 2.53. The van der Waals surface area contributed by atoms with E-state index in [9.17, 15) is 9.18 Å². The minimum absolute atomic E-state index is 0.0122. The second kappa shape index (κ2) is 7.36. The summed E-state index contributed by atoms with van der Waals surface area (Å²) >= 11 is 3.26. The fourth-order valence-electron chi connectivity index (χ4n) is 2.44. The number of aromatic nitrogens is 2. The number of thioether (sulfide) groups is 1. The number of nitrogens with one attached hydrogen (secondary N) is 1. The standard InChI is InChI=1S/C17H18FN3OS2/c1-3-23-17-20-14(10-24-17)8-16(22)21(2)9-13-7-11-6-12(18)4-5-15(11)19-13/h4-7,10,19H,3,8-9H2,1-2H3. The molecule has 3 rings (SSSR count). The van der Waals surface area contributed by atoms with Crippen molar-refractivity contribution < 1.29 is 9.18 Å². The van der Waals surface area contributed by atoms with Crippen LogP contribution in [0.2, 0.25) is 0 Å². The third-order valence-corrected chi connectivity index (χ3v) is 5.55. The van der Waals surface area contributed by atoms with E-state index in [0.717, 1.165) is 32.4 Å². The number of carbonyl (C=O) groups is 1. The number of H-pyrrole nitrogens is 1. The summed E-state index contributed by atoms with van der Waals surface area (Å²) in [4.78, 5) is 21.7. The Morgan fingerprint density at radius 1 is 1.42 bits per heavy atom. The molecule has 0 atom stereocenters. The van der Waals surface area contributed by atoms with Crippen molar-refractivity contribution in [1.29, 1.82) is 0 Å². The molecule has 0 saturated heterocycles. The molecule has 1 amide bonds. The molecule has 3 aromatic rings. The van der Waals surface area contributed by atoms with Gasteiger partial charge in [-0.05, 0) is 30.0 Å². The number of likely N-dealkylation sites (N-methyl/N-ethyl adjacent to an activating group) is 1. The Morgan fingerprint density at radius 2 is 2.25 bits per heavy atom. The lowest BCUT2D eigenvalue weighted by molar-refractivity contribution is -0.129. The molecule has 24 heavy (non-hydrogen) atoms. The summed E-state index contributed by atoms with van der Waals surface area (Å²) in [5, 5.41) is 2.75. The van der Waals surface area contributed by atoms with E-state index in [1.807, 2.05) is 11.4 Å². The highest BCUT2D eigenvalue weighted by Gasteiger charge is 2.14. The number of nitrogens with zero attached hydrogens (tertiary/aromatic N) is 2. The maximum atomic E-state index is 13.2. The Kier molecular flexibility index (Phi) is 5.20. The first-order valence-electron chi connectivity index (χ1n) is 7.63. The van der Waals surface area contributed by atoms with E-state index in [0.29, 0.717) is 13.0 Å². The Morgan fingerprint density at radius 3 is 3.04 bits per heavy atom. The van der Waals surface area contributed by atoms with Crippen molar-refractivity contribution in [2.45, 2.75) is 24.2 Å². The second-order valence-electron chi connectivity index (χ2n) is 5.49. The summed E-state index contributed by atoms with van der Waals surface area (Å²) in [5.74, 6) is 0.724. The van der Waals surface area contributed by atoms with Crippen LogP contribution in [-0.4, -0.2) is 33.6 Å². The minimum Gasteiger partial charge on any atom is -0.357 e. The Labute approximate surface area is 148 Å². The third kappa shape index (κ3) is 3.96. The molecule has 0 aliphatic rings. The summed E-state index contributed by atoms with van der Waals surface area (Å²) in [5.41, 5.74) is 2.56. The molecule has 0 bridgehead atoms. The first kappa shape index (κ1) is 17.0. The van der Waals surface area contributed by atoms with Crippen LogP contribution >= 0.6 is 23.1 Å². The van der Waals surface area contributed by atoms with Gasteiger partial charge in [0, 0.05) is 29.0 Å². The molecule has 126 valence electrons. The van der Waals surface area contributed by atoms with Crippen LogP contribution < -0.4 is 0 Å². The van der Waals surface area contributed by atoms with Gasteiger partial charge >= 0.3 is 0 Å². The highest BCUT2D eigenvalue weighted by molar-refractivity contribution is 8.00. The normalized spacial score (nSPS) is 11.1. The molecule has 0 fully saturated rings. The molecule has 1 aromatic carbocycles. The van der Waals surface area contributed by atoms with Crippen LogP contribution in [0.3, 0.4) is 0 Å². The SMILES string of the molecule is CCSc1nc(CC(=O)N(C)Cc2cc3cc(F)ccc3[nH]2)cs1. The van der Waals surface area contributed by atoms with E-state index in [2.05, 4.69) is 16.9 Å². The summed E-state index contributed by atoms with van der Waals surface area (Å²) in [7, 11) is 1.77. The number of rotatable bonds is 6. The van der Waals surface area contributed by atoms with Crippen LogP contribution in [0.1, 0.15) is 18.3 Å².